The number of aromatic nitrogens is 2. The van der Waals surface area contributed by atoms with Crippen LogP contribution >= 0.6 is 0 Å². The molecular formula is C12H16N4. The Bertz CT molecular complexity index is 448. The molecule has 0 saturated heterocycles. The summed E-state index contributed by atoms with van der Waals surface area (Å²) in [5.74, 6) is 0.873. The van der Waals surface area contributed by atoms with E-state index in [2.05, 4.69) is 21.4 Å². The molecule has 0 aliphatic carbocycles. The third-order valence-electron chi connectivity index (χ3n) is 2.49. The lowest BCUT2D eigenvalue weighted by Gasteiger charge is -2.06. The average molecular weight is 216 g/mol. The highest BCUT2D eigenvalue weighted by Gasteiger charge is 1.98. The maximum Gasteiger partial charge on any atom is 0.126 e. The van der Waals surface area contributed by atoms with Gasteiger partial charge in [-0.1, -0.05) is 0 Å². The molecule has 84 valence electrons. The van der Waals surface area contributed by atoms with E-state index in [0.29, 0.717) is 0 Å². The van der Waals surface area contributed by atoms with Crippen LogP contribution in [-0.4, -0.2) is 16.5 Å². The number of rotatable bonds is 4. The third kappa shape index (κ3) is 2.53. The van der Waals surface area contributed by atoms with Crippen molar-refractivity contribution in [3.63, 3.8) is 0 Å². The van der Waals surface area contributed by atoms with Crippen molar-refractivity contribution in [2.45, 2.75) is 13.3 Å². The molecule has 2 rings (SSSR count). The molecule has 4 heteroatoms. The molecule has 2 aromatic heterocycles. The maximum absolute atomic E-state index is 5.70. The summed E-state index contributed by atoms with van der Waals surface area (Å²) in [6.07, 6.45) is 2.89. The molecule has 0 amide bonds. The van der Waals surface area contributed by atoms with Crippen molar-refractivity contribution in [1.29, 1.82) is 0 Å². The third-order valence-corrected chi connectivity index (χ3v) is 2.49. The van der Waals surface area contributed by atoms with Gasteiger partial charge >= 0.3 is 0 Å². The number of aromatic amines is 1. The molecule has 0 spiro atoms. The zero-order chi connectivity index (χ0) is 11.4. The first-order valence-electron chi connectivity index (χ1n) is 5.35. The van der Waals surface area contributed by atoms with Crippen molar-refractivity contribution in [3.8, 4) is 0 Å². The van der Waals surface area contributed by atoms with Crippen molar-refractivity contribution in [2.24, 2.45) is 0 Å². The number of nitrogens with zero attached hydrogens (tertiary/aromatic N) is 1. The van der Waals surface area contributed by atoms with Crippen molar-refractivity contribution >= 4 is 11.5 Å². The van der Waals surface area contributed by atoms with Crippen LogP contribution in [0.1, 0.15) is 11.4 Å². The van der Waals surface area contributed by atoms with Crippen LogP contribution in [0.3, 0.4) is 0 Å². The number of hydrogen-bond donors (Lipinski definition) is 3. The second-order valence-electron chi connectivity index (χ2n) is 3.74. The van der Waals surface area contributed by atoms with Gasteiger partial charge in [0, 0.05) is 24.9 Å². The highest BCUT2D eigenvalue weighted by Crippen LogP contribution is 2.11. The SMILES string of the molecule is Cc1nc(NCCc2ccc[nH]2)ccc1N. The summed E-state index contributed by atoms with van der Waals surface area (Å²) in [6.45, 7) is 2.77. The molecule has 0 aliphatic heterocycles. The van der Waals surface area contributed by atoms with E-state index in [1.54, 1.807) is 0 Å². The van der Waals surface area contributed by atoms with Gasteiger partial charge in [-0.2, -0.15) is 0 Å². The minimum absolute atomic E-state index is 0.731. The van der Waals surface area contributed by atoms with Crippen LogP contribution in [0.15, 0.2) is 30.5 Å². The number of nitrogens with one attached hydrogen (secondary N) is 2. The topological polar surface area (TPSA) is 66.7 Å². The van der Waals surface area contributed by atoms with Gasteiger partial charge in [0.1, 0.15) is 5.82 Å². The fraction of sp³-hybridized carbons (Fsp3) is 0.250. The molecule has 4 N–H and O–H groups in total. The highest BCUT2D eigenvalue weighted by molar-refractivity contribution is 5.49. The predicted octanol–water partition coefficient (Wildman–Crippen LogP) is 1.95. The van der Waals surface area contributed by atoms with Crippen molar-refractivity contribution in [1.82, 2.24) is 9.97 Å². The summed E-state index contributed by atoms with van der Waals surface area (Å²) >= 11 is 0. The van der Waals surface area contributed by atoms with Gasteiger partial charge in [-0.3, -0.25) is 0 Å². The molecule has 2 heterocycles. The Morgan fingerprint density at radius 2 is 2.25 bits per heavy atom. The molecule has 0 aromatic carbocycles. The molecule has 16 heavy (non-hydrogen) atoms. The van der Waals surface area contributed by atoms with E-state index < -0.39 is 0 Å². The minimum atomic E-state index is 0.731. The van der Waals surface area contributed by atoms with Crippen molar-refractivity contribution in [3.05, 3.63) is 41.9 Å². The Balaban J connectivity index is 1.87. The summed E-state index contributed by atoms with van der Waals surface area (Å²) in [4.78, 5) is 7.51. The van der Waals surface area contributed by atoms with E-state index in [9.17, 15) is 0 Å². The van der Waals surface area contributed by atoms with E-state index in [0.717, 1.165) is 30.2 Å². The van der Waals surface area contributed by atoms with Gasteiger partial charge in [-0.05, 0) is 31.2 Å². The maximum atomic E-state index is 5.70. The predicted molar refractivity (Wildman–Crippen MR) is 66.4 cm³/mol. The molecule has 0 aliphatic rings. The largest absolute Gasteiger partial charge is 0.397 e. The van der Waals surface area contributed by atoms with Crippen LogP contribution in [0.5, 0.6) is 0 Å². The van der Waals surface area contributed by atoms with E-state index in [4.69, 9.17) is 5.73 Å². The Morgan fingerprint density at radius 1 is 1.38 bits per heavy atom. The molecule has 0 atom stereocenters. The number of aryl methyl sites for hydroxylation is 1. The van der Waals surface area contributed by atoms with Crippen LogP contribution in [0.25, 0.3) is 0 Å². The smallest absolute Gasteiger partial charge is 0.126 e. The molecule has 0 radical (unpaired) electrons. The number of H-pyrrole nitrogens is 1. The molecule has 0 unspecified atom stereocenters. The lowest BCUT2D eigenvalue weighted by Crippen LogP contribution is -2.07. The normalized spacial score (nSPS) is 10.3. The quantitative estimate of drug-likeness (QED) is 0.731. The lowest BCUT2D eigenvalue weighted by atomic mass is 10.3. The summed E-state index contributed by atoms with van der Waals surface area (Å²) in [7, 11) is 0. The zero-order valence-corrected chi connectivity index (χ0v) is 9.33. The standard InChI is InChI=1S/C12H16N4/c1-9-11(13)4-5-12(16-9)15-8-6-10-3-2-7-14-10/h2-5,7,14H,6,8,13H2,1H3,(H,15,16). The van der Waals surface area contributed by atoms with Crippen LogP contribution < -0.4 is 11.1 Å². The van der Waals surface area contributed by atoms with Gasteiger partial charge in [-0.25, -0.2) is 4.98 Å². The number of nitrogen functional groups attached to an aromatic ring is 1. The summed E-state index contributed by atoms with van der Waals surface area (Å²) in [5, 5.41) is 3.26. The van der Waals surface area contributed by atoms with Crippen LogP contribution in [0, 0.1) is 6.92 Å². The van der Waals surface area contributed by atoms with Gasteiger partial charge < -0.3 is 16.0 Å². The first-order chi connectivity index (χ1) is 7.75. The Hall–Kier alpha value is -1.97. The molecular weight excluding hydrogens is 200 g/mol. The zero-order valence-electron chi connectivity index (χ0n) is 9.33. The van der Waals surface area contributed by atoms with Gasteiger partial charge in [0.05, 0.1) is 11.4 Å². The lowest BCUT2D eigenvalue weighted by molar-refractivity contribution is 0.965. The first kappa shape index (κ1) is 10.5. The van der Waals surface area contributed by atoms with Crippen LogP contribution in [-0.2, 0) is 6.42 Å². The minimum Gasteiger partial charge on any atom is -0.397 e. The van der Waals surface area contributed by atoms with Gasteiger partial charge in [0.15, 0.2) is 0 Å². The number of hydrogen-bond acceptors (Lipinski definition) is 3. The van der Waals surface area contributed by atoms with Gasteiger partial charge in [0.25, 0.3) is 0 Å². The summed E-state index contributed by atoms with van der Waals surface area (Å²) < 4.78 is 0. The summed E-state index contributed by atoms with van der Waals surface area (Å²) in [6, 6.07) is 7.85. The molecule has 4 nitrogen and oxygen atoms in total. The number of pyridine rings is 1. The van der Waals surface area contributed by atoms with Crippen LogP contribution in [0.4, 0.5) is 11.5 Å². The fourth-order valence-electron chi connectivity index (χ4n) is 1.52. The van der Waals surface area contributed by atoms with E-state index >= 15 is 0 Å². The second kappa shape index (κ2) is 4.70. The van der Waals surface area contributed by atoms with E-state index in [1.807, 2.05) is 31.3 Å². The Labute approximate surface area is 94.9 Å². The molecule has 0 fully saturated rings. The van der Waals surface area contributed by atoms with E-state index in [1.165, 1.54) is 5.69 Å². The van der Waals surface area contributed by atoms with E-state index in [-0.39, 0.29) is 0 Å². The summed E-state index contributed by atoms with van der Waals surface area (Å²) in [5.41, 5.74) is 8.52. The highest BCUT2D eigenvalue weighted by atomic mass is 15.0. The number of anilines is 2. The number of nitrogens with two attached hydrogens (primary N) is 1. The second-order valence-corrected chi connectivity index (χ2v) is 3.74. The molecule has 0 bridgehead atoms. The Kier molecular flexibility index (Phi) is 3.10. The molecule has 0 saturated carbocycles. The average Bonchev–Trinajstić information content (AvgIpc) is 2.76. The van der Waals surface area contributed by atoms with Crippen molar-refractivity contribution < 1.29 is 0 Å². The van der Waals surface area contributed by atoms with Gasteiger partial charge in [-0.15, -0.1) is 0 Å². The Morgan fingerprint density at radius 3 is 2.94 bits per heavy atom. The van der Waals surface area contributed by atoms with Crippen molar-refractivity contribution in [2.75, 3.05) is 17.6 Å². The first-order valence-corrected chi connectivity index (χ1v) is 5.35. The molecule has 2 aromatic rings. The van der Waals surface area contributed by atoms with Crippen LogP contribution in [0.2, 0.25) is 0 Å². The van der Waals surface area contributed by atoms with Gasteiger partial charge in [0.2, 0.25) is 0 Å². The monoisotopic (exact) mass is 216 g/mol. The fourth-order valence-corrected chi connectivity index (χ4v) is 1.52.